The van der Waals surface area contributed by atoms with Gasteiger partial charge < -0.3 is 4.90 Å². The highest BCUT2D eigenvalue weighted by molar-refractivity contribution is 5.95. The van der Waals surface area contributed by atoms with Gasteiger partial charge >= 0.3 is 0 Å². The molecule has 0 N–H and O–H groups in total. The number of carbonyl (C=O) groups is 1. The van der Waals surface area contributed by atoms with E-state index in [1.54, 1.807) is 4.68 Å². The van der Waals surface area contributed by atoms with Crippen molar-refractivity contribution in [2.24, 2.45) is 14.1 Å². The molecule has 6 heteroatoms. The van der Waals surface area contributed by atoms with Gasteiger partial charge in [0.2, 0.25) is 0 Å². The second-order valence-corrected chi connectivity index (χ2v) is 7.51. The van der Waals surface area contributed by atoms with Crippen LogP contribution in [0, 0.1) is 0 Å². The predicted octanol–water partition coefficient (Wildman–Crippen LogP) is 3.13. The number of nitrogens with zero attached hydrogens (tertiary/aromatic N) is 5. The summed E-state index contributed by atoms with van der Waals surface area (Å²) < 4.78 is 3.70. The van der Waals surface area contributed by atoms with Crippen molar-refractivity contribution in [1.82, 2.24) is 24.5 Å². The average molecular weight is 353 g/mol. The fraction of sp³-hybridized carbons (Fsp3) is 0.550. The molecule has 3 heterocycles. The van der Waals surface area contributed by atoms with Gasteiger partial charge in [-0.3, -0.25) is 14.2 Å². The minimum absolute atomic E-state index is 0.124. The van der Waals surface area contributed by atoms with Crippen LogP contribution in [0.4, 0.5) is 0 Å². The quantitative estimate of drug-likeness (QED) is 0.852. The van der Waals surface area contributed by atoms with Gasteiger partial charge in [0.25, 0.3) is 5.91 Å². The van der Waals surface area contributed by atoms with E-state index in [2.05, 4.69) is 16.3 Å². The summed E-state index contributed by atoms with van der Waals surface area (Å²) in [7, 11) is 3.87. The van der Waals surface area contributed by atoms with Crippen LogP contribution in [0.1, 0.15) is 66.2 Å². The van der Waals surface area contributed by atoms with Crippen molar-refractivity contribution in [3.8, 4) is 0 Å². The van der Waals surface area contributed by atoms with Crippen molar-refractivity contribution in [3.63, 3.8) is 0 Å². The molecule has 2 aliphatic rings. The first-order chi connectivity index (χ1) is 12.6. The SMILES string of the molecule is Cn1cc(C(=O)N2CC=C(c3ccnn3C)CC2)c(C2CCCCC2)n1. The second kappa shape index (κ2) is 7.09. The number of aryl methyl sites for hydroxylation is 2. The van der Waals surface area contributed by atoms with Gasteiger partial charge in [0.05, 0.1) is 17.0 Å². The normalized spacial score (nSPS) is 18.8. The molecule has 1 aliphatic heterocycles. The van der Waals surface area contributed by atoms with E-state index in [-0.39, 0.29) is 5.91 Å². The van der Waals surface area contributed by atoms with Crippen LogP contribution in [0.25, 0.3) is 5.57 Å². The molecule has 1 aliphatic carbocycles. The maximum Gasteiger partial charge on any atom is 0.257 e. The molecule has 138 valence electrons. The minimum Gasteiger partial charge on any atom is -0.334 e. The molecule has 0 unspecified atom stereocenters. The average Bonchev–Trinajstić information content (AvgIpc) is 3.27. The molecular weight excluding hydrogens is 326 g/mol. The van der Waals surface area contributed by atoms with Crippen LogP contribution in [-0.2, 0) is 14.1 Å². The van der Waals surface area contributed by atoms with E-state index in [0.717, 1.165) is 42.8 Å². The standard InChI is InChI=1S/C20H27N5O/c1-23-14-17(19(22-23)16-6-4-3-5-7-16)20(26)25-12-9-15(10-13-25)18-8-11-21-24(18)2/h8-9,11,14,16H,3-7,10,12-13H2,1-2H3. The van der Waals surface area contributed by atoms with Crippen molar-refractivity contribution in [1.29, 1.82) is 0 Å². The van der Waals surface area contributed by atoms with Gasteiger partial charge in [-0.1, -0.05) is 25.3 Å². The summed E-state index contributed by atoms with van der Waals surface area (Å²) in [5, 5.41) is 8.90. The molecule has 6 nitrogen and oxygen atoms in total. The van der Waals surface area contributed by atoms with E-state index in [1.807, 2.05) is 42.1 Å². The maximum absolute atomic E-state index is 13.2. The zero-order chi connectivity index (χ0) is 18.1. The van der Waals surface area contributed by atoms with Gasteiger partial charge in [0.15, 0.2) is 0 Å². The maximum atomic E-state index is 13.2. The number of hydrogen-bond acceptors (Lipinski definition) is 3. The highest BCUT2D eigenvalue weighted by Gasteiger charge is 2.28. The Morgan fingerprint density at radius 3 is 2.65 bits per heavy atom. The van der Waals surface area contributed by atoms with Crippen molar-refractivity contribution in [2.75, 3.05) is 13.1 Å². The van der Waals surface area contributed by atoms with Crippen LogP contribution in [0.5, 0.6) is 0 Å². The Kier molecular flexibility index (Phi) is 4.66. The van der Waals surface area contributed by atoms with Crippen molar-refractivity contribution >= 4 is 11.5 Å². The molecule has 26 heavy (non-hydrogen) atoms. The van der Waals surface area contributed by atoms with Gasteiger partial charge in [-0.15, -0.1) is 0 Å². The fourth-order valence-electron chi connectivity index (χ4n) is 4.29. The van der Waals surface area contributed by atoms with E-state index in [4.69, 9.17) is 0 Å². The Morgan fingerprint density at radius 2 is 2.00 bits per heavy atom. The molecule has 0 radical (unpaired) electrons. The number of carbonyl (C=O) groups excluding carboxylic acids is 1. The summed E-state index contributed by atoms with van der Waals surface area (Å²) in [4.78, 5) is 15.1. The molecule has 0 spiro atoms. The lowest BCUT2D eigenvalue weighted by Gasteiger charge is -2.27. The zero-order valence-electron chi connectivity index (χ0n) is 15.7. The smallest absolute Gasteiger partial charge is 0.257 e. The second-order valence-electron chi connectivity index (χ2n) is 7.51. The Morgan fingerprint density at radius 1 is 1.19 bits per heavy atom. The lowest BCUT2D eigenvalue weighted by molar-refractivity contribution is 0.0770. The monoisotopic (exact) mass is 353 g/mol. The molecule has 1 saturated carbocycles. The van der Waals surface area contributed by atoms with E-state index < -0.39 is 0 Å². The van der Waals surface area contributed by atoms with E-state index in [1.165, 1.54) is 24.8 Å². The third-order valence-corrected chi connectivity index (χ3v) is 5.73. The molecule has 0 aromatic carbocycles. The fourth-order valence-corrected chi connectivity index (χ4v) is 4.29. The molecule has 2 aromatic heterocycles. The molecule has 1 amide bonds. The first-order valence-electron chi connectivity index (χ1n) is 9.63. The van der Waals surface area contributed by atoms with Crippen LogP contribution in [0.15, 0.2) is 24.5 Å². The molecule has 0 atom stereocenters. The van der Waals surface area contributed by atoms with Gasteiger partial charge in [-0.25, -0.2) is 0 Å². The summed E-state index contributed by atoms with van der Waals surface area (Å²) in [6, 6.07) is 2.03. The highest BCUT2D eigenvalue weighted by Crippen LogP contribution is 2.34. The largest absolute Gasteiger partial charge is 0.334 e. The van der Waals surface area contributed by atoms with Crippen LogP contribution in [0.2, 0.25) is 0 Å². The van der Waals surface area contributed by atoms with Crippen LogP contribution in [-0.4, -0.2) is 43.5 Å². The van der Waals surface area contributed by atoms with Gasteiger partial charge in [-0.2, -0.15) is 10.2 Å². The first kappa shape index (κ1) is 17.1. The van der Waals surface area contributed by atoms with E-state index >= 15 is 0 Å². The molecule has 1 fully saturated rings. The van der Waals surface area contributed by atoms with Gasteiger partial charge in [-0.05, 0) is 30.9 Å². The Labute approximate surface area is 154 Å². The van der Waals surface area contributed by atoms with Crippen LogP contribution < -0.4 is 0 Å². The van der Waals surface area contributed by atoms with Crippen LogP contribution >= 0.6 is 0 Å². The van der Waals surface area contributed by atoms with Gasteiger partial charge in [0, 0.05) is 45.5 Å². The van der Waals surface area contributed by atoms with Crippen molar-refractivity contribution in [2.45, 2.75) is 44.4 Å². The molecular formula is C20H27N5O. The number of rotatable bonds is 3. The number of aromatic nitrogens is 4. The third-order valence-electron chi connectivity index (χ3n) is 5.73. The molecule has 4 rings (SSSR count). The Hall–Kier alpha value is -2.37. The summed E-state index contributed by atoms with van der Waals surface area (Å²) in [6.45, 7) is 1.40. The highest BCUT2D eigenvalue weighted by atomic mass is 16.2. The minimum atomic E-state index is 0.124. The van der Waals surface area contributed by atoms with Crippen molar-refractivity contribution in [3.05, 3.63) is 41.5 Å². The summed E-state index contributed by atoms with van der Waals surface area (Å²) in [5.41, 5.74) is 4.23. The topological polar surface area (TPSA) is 56.0 Å². The van der Waals surface area contributed by atoms with E-state index in [9.17, 15) is 4.79 Å². The Balaban J connectivity index is 1.52. The molecule has 0 bridgehead atoms. The van der Waals surface area contributed by atoms with Gasteiger partial charge in [0.1, 0.15) is 0 Å². The summed E-state index contributed by atoms with van der Waals surface area (Å²) in [5.74, 6) is 0.563. The Bertz CT molecular complexity index is 825. The first-order valence-corrected chi connectivity index (χ1v) is 9.63. The molecule has 0 saturated heterocycles. The lowest BCUT2D eigenvalue weighted by atomic mass is 9.85. The molecule has 2 aromatic rings. The number of amides is 1. The number of hydrogen-bond donors (Lipinski definition) is 0. The zero-order valence-corrected chi connectivity index (χ0v) is 15.7. The van der Waals surface area contributed by atoms with Crippen molar-refractivity contribution < 1.29 is 4.79 Å². The lowest BCUT2D eigenvalue weighted by Crippen LogP contribution is -2.35. The summed E-state index contributed by atoms with van der Waals surface area (Å²) in [6.07, 6.45) is 12.9. The third kappa shape index (κ3) is 3.20. The van der Waals surface area contributed by atoms with Crippen LogP contribution in [0.3, 0.4) is 0 Å². The van der Waals surface area contributed by atoms with E-state index in [0.29, 0.717) is 12.5 Å². The summed E-state index contributed by atoms with van der Waals surface area (Å²) >= 11 is 0. The predicted molar refractivity (Wildman–Crippen MR) is 101 cm³/mol.